The lowest BCUT2D eigenvalue weighted by Gasteiger charge is -2.36. The Morgan fingerprint density at radius 1 is 0.575 bits per heavy atom. The molecular formula is C57H65F5N10O8. The molecule has 0 unspecified atom stereocenters. The van der Waals surface area contributed by atoms with Gasteiger partial charge in [-0.3, -0.25) is 9.59 Å². The molecule has 426 valence electrons. The van der Waals surface area contributed by atoms with Crippen molar-refractivity contribution in [3.8, 4) is 0 Å². The fourth-order valence-corrected chi connectivity index (χ4v) is 12.3. The van der Waals surface area contributed by atoms with E-state index in [1.165, 1.54) is 64.8 Å². The first-order valence-electron chi connectivity index (χ1n) is 27.0. The van der Waals surface area contributed by atoms with Gasteiger partial charge >= 0.3 is 12.2 Å². The number of nitrogens with zero attached hydrogens (tertiary/aromatic N) is 6. The summed E-state index contributed by atoms with van der Waals surface area (Å²) in [4.78, 5) is 75.3. The van der Waals surface area contributed by atoms with Crippen LogP contribution < -0.4 is 20.4 Å². The van der Waals surface area contributed by atoms with Crippen molar-refractivity contribution in [3.05, 3.63) is 118 Å². The highest BCUT2D eigenvalue weighted by Crippen LogP contribution is 2.50. The first kappa shape index (κ1) is 55.8. The number of amides is 4. The summed E-state index contributed by atoms with van der Waals surface area (Å²) in [6.07, 6.45) is 0.794. The Labute approximate surface area is 458 Å². The summed E-state index contributed by atoms with van der Waals surface area (Å²) in [6.45, 7) is 4.64. The Kier molecular flexibility index (Phi) is 16.2. The zero-order valence-electron chi connectivity index (χ0n) is 45.3. The average molecular weight is 1110 g/mol. The van der Waals surface area contributed by atoms with Gasteiger partial charge in [0, 0.05) is 69.3 Å². The number of nitrogens with one attached hydrogen (secondary N) is 4. The largest absolute Gasteiger partial charge is 0.453 e. The number of aromatic amines is 2. The zero-order valence-corrected chi connectivity index (χ0v) is 45.3. The van der Waals surface area contributed by atoms with E-state index in [1.54, 1.807) is 57.7 Å². The van der Waals surface area contributed by atoms with Crippen LogP contribution in [0.4, 0.5) is 42.9 Å². The van der Waals surface area contributed by atoms with Gasteiger partial charge in [0.25, 0.3) is 0 Å². The molecular weight excluding hydrogens is 1050 g/mol. The van der Waals surface area contributed by atoms with Gasteiger partial charge in [-0.05, 0) is 113 Å². The molecule has 4 fully saturated rings. The number of halogens is 5. The zero-order chi connectivity index (χ0) is 56.7. The van der Waals surface area contributed by atoms with Crippen LogP contribution in [0.5, 0.6) is 0 Å². The summed E-state index contributed by atoms with van der Waals surface area (Å²) >= 11 is 0. The number of fused-ring (bicyclic) bond motifs is 2. The number of anilines is 2. The molecule has 0 saturated carbocycles. The average Bonchev–Trinajstić information content (AvgIpc) is 4.48. The van der Waals surface area contributed by atoms with Crippen molar-refractivity contribution in [2.24, 2.45) is 0 Å². The molecule has 4 saturated heterocycles. The number of carbonyl (C=O) groups excluding carboxylic acids is 4. The quantitative estimate of drug-likeness (QED) is 0.0712. The van der Waals surface area contributed by atoms with Crippen molar-refractivity contribution < 1.29 is 60.1 Å². The molecule has 0 aliphatic carbocycles. The van der Waals surface area contributed by atoms with Crippen LogP contribution in [0.25, 0.3) is 22.1 Å². The maximum absolute atomic E-state index is 17.0. The van der Waals surface area contributed by atoms with E-state index in [9.17, 15) is 23.6 Å². The number of ether oxygens (including phenoxy) is 4. The summed E-state index contributed by atoms with van der Waals surface area (Å²) in [5.74, 6) is -3.41. The van der Waals surface area contributed by atoms with E-state index in [0.717, 1.165) is 5.56 Å². The van der Waals surface area contributed by atoms with Crippen molar-refractivity contribution >= 4 is 57.4 Å². The highest BCUT2D eigenvalue weighted by molar-refractivity contribution is 5.88. The number of carbonyl (C=O) groups is 4. The van der Waals surface area contributed by atoms with Gasteiger partial charge in [-0.15, -0.1) is 0 Å². The molecule has 0 radical (unpaired) electrons. The van der Waals surface area contributed by atoms with Gasteiger partial charge in [0.2, 0.25) is 11.8 Å². The van der Waals surface area contributed by atoms with E-state index in [-0.39, 0.29) is 58.1 Å². The predicted molar refractivity (Wildman–Crippen MR) is 285 cm³/mol. The Balaban J connectivity index is 0.993. The number of alkyl carbamates (subject to hydrolysis) is 2. The molecule has 8 atom stereocenters. The smallest absolute Gasteiger partial charge is 0.407 e. The van der Waals surface area contributed by atoms with Crippen molar-refractivity contribution in [2.75, 3.05) is 64.4 Å². The number of hydrogen-bond acceptors (Lipinski definition) is 12. The molecule has 0 spiro atoms. The van der Waals surface area contributed by atoms with Crippen LogP contribution in [-0.2, 0) is 28.5 Å². The number of likely N-dealkylation sites (tertiary alicyclic amines) is 2. The van der Waals surface area contributed by atoms with Crippen LogP contribution in [0, 0.1) is 29.1 Å². The topological polar surface area (TPSA) is 200 Å². The molecule has 18 nitrogen and oxygen atoms in total. The summed E-state index contributed by atoms with van der Waals surface area (Å²) in [5.41, 5.74) is 2.44. The minimum Gasteiger partial charge on any atom is -0.453 e. The molecule has 0 bridgehead atoms. The van der Waals surface area contributed by atoms with E-state index < -0.39 is 95.7 Å². The molecule has 80 heavy (non-hydrogen) atoms. The van der Waals surface area contributed by atoms with Gasteiger partial charge in [-0.2, -0.15) is 0 Å². The number of rotatable bonds is 15. The summed E-state index contributed by atoms with van der Waals surface area (Å²) in [7, 11) is 5.23. The molecule has 4 aliphatic rings. The molecule has 4 amide bonds. The number of aromatic nitrogens is 4. The van der Waals surface area contributed by atoms with Crippen LogP contribution in [-0.4, -0.2) is 133 Å². The summed E-state index contributed by atoms with van der Waals surface area (Å²) in [5, 5.41) is 5.14. The standard InChI is InChI=1S/C57H65F5N10O8/c1-29(77-3)49(67-56(75)79-5)54(73)70-19-7-9-47(70)52-63-41-25-35(37(59)27-43(41)65-52)45-15-16-46(72(45)34-23-39(61)51(40(62)24-34)69-21-17-32(18-22-69)31-11-13-33(58)14-12-31)36-26-42-44(28-38(36)60)66-53(64-42)48-10-8-20-71(48)55(74)50(30(2)78-4)68-57(76)80-6/h11-14,23-30,32,45-50H,7-10,15-22H2,1-6H3,(H,63,65)(H,64,66)(H,67,75)(H,68,76)/t29-,30-,45+,46+,47+,48+,49+,50+/m1/s1. The first-order chi connectivity index (χ1) is 38.5. The monoisotopic (exact) mass is 1110 g/mol. The van der Waals surface area contributed by atoms with Crippen LogP contribution in [0.3, 0.4) is 0 Å². The van der Waals surface area contributed by atoms with E-state index in [4.69, 9.17) is 28.9 Å². The molecule has 4 N–H and O–H groups in total. The third-order valence-electron chi connectivity index (χ3n) is 16.6. The van der Waals surface area contributed by atoms with Gasteiger partial charge < -0.3 is 59.1 Å². The SMILES string of the molecule is COC(=O)N[C@H](C(=O)N1CCC[C@H]1c1nc2cc(F)c([C@@H]3CC[C@@H](c4cc5[nH]c([C@@H]6CCCN6C(=O)[C@@H](NC(=O)OC)[C@@H](C)OC)nc5cc4F)N3c3cc(F)c(N4CCC(c5ccc(F)cc5)CC4)c(F)c3)cc2[nH]1)[C@@H](C)OC. The van der Waals surface area contributed by atoms with Gasteiger partial charge in [0.1, 0.15) is 46.9 Å². The molecule has 4 aromatic carbocycles. The fourth-order valence-electron chi connectivity index (χ4n) is 12.3. The van der Waals surface area contributed by atoms with E-state index >= 15 is 17.6 Å². The number of hydrogen-bond donors (Lipinski definition) is 4. The highest BCUT2D eigenvalue weighted by atomic mass is 19.1. The Morgan fingerprint density at radius 3 is 1.45 bits per heavy atom. The number of imidazole rings is 2. The van der Waals surface area contributed by atoms with Gasteiger partial charge in [-0.25, -0.2) is 41.5 Å². The number of benzene rings is 4. The van der Waals surface area contributed by atoms with Crippen LogP contribution in [0.1, 0.15) is 124 Å². The van der Waals surface area contributed by atoms with E-state index in [2.05, 4.69) is 20.6 Å². The molecule has 23 heteroatoms. The van der Waals surface area contributed by atoms with Crippen LogP contribution >= 0.6 is 0 Å². The Bertz CT molecular complexity index is 3100. The van der Waals surface area contributed by atoms with Crippen molar-refractivity contribution in [1.82, 2.24) is 40.4 Å². The summed E-state index contributed by atoms with van der Waals surface area (Å²) in [6, 6.07) is 9.30. The third kappa shape index (κ3) is 10.8. The lowest BCUT2D eigenvalue weighted by Crippen LogP contribution is -2.54. The molecule has 2 aromatic heterocycles. The number of methoxy groups -OCH3 is 4. The van der Waals surface area contributed by atoms with Gasteiger partial charge in [0.15, 0.2) is 11.6 Å². The van der Waals surface area contributed by atoms with Gasteiger partial charge in [-0.1, -0.05) is 12.1 Å². The molecule has 6 aromatic rings. The van der Waals surface area contributed by atoms with Crippen LogP contribution in [0.2, 0.25) is 0 Å². The van der Waals surface area contributed by atoms with Gasteiger partial charge in [0.05, 0.1) is 72.7 Å². The lowest BCUT2D eigenvalue weighted by atomic mass is 9.89. The number of H-pyrrole nitrogens is 2. The van der Waals surface area contributed by atoms with Crippen molar-refractivity contribution in [2.45, 2.75) is 120 Å². The van der Waals surface area contributed by atoms with E-state index in [0.29, 0.717) is 87.4 Å². The first-order valence-corrected chi connectivity index (χ1v) is 27.0. The highest BCUT2D eigenvalue weighted by Gasteiger charge is 2.43. The Hall–Kier alpha value is -7.53. The van der Waals surface area contributed by atoms with E-state index in [1.807, 2.05) is 0 Å². The maximum Gasteiger partial charge on any atom is 0.407 e. The fraction of sp³-hybridized carbons (Fsp3) is 0.474. The lowest BCUT2D eigenvalue weighted by molar-refractivity contribution is -0.138. The third-order valence-corrected chi connectivity index (χ3v) is 16.6. The maximum atomic E-state index is 17.0. The predicted octanol–water partition coefficient (Wildman–Crippen LogP) is 9.45. The second-order valence-electron chi connectivity index (χ2n) is 21.1. The second-order valence-corrected chi connectivity index (χ2v) is 21.1. The molecule has 4 aliphatic heterocycles. The normalized spacial score (nSPS) is 21.3. The minimum atomic E-state index is -1.08. The number of piperidine rings is 1. The molecule has 6 heterocycles. The Morgan fingerprint density at radius 2 is 1.02 bits per heavy atom. The summed E-state index contributed by atoms with van der Waals surface area (Å²) < 4.78 is 102. The molecule has 10 rings (SSSR count). The van der Waals surface area contributed by atoms with Crippen molar-refractivity contribution in [1.29, 1.82) is 0 Å². The van der Waals surface area contributed by atoms with Crippen molar-refractivity contribution in [3.63, 3.8) is 0 Å². The van der Waals surface area contributed by atoms with Crippen LogP contribution in [0.15, 0.2) is 60.7 Å². The second kappa shape index (κ2) is 23.3. The minimum absolute atomic E-state index is 0.0491.